The molecule has 28 heavy (non-hydrogen) atoms. The Labute approximate surface area is 163 Å². The Morgan fingerprint density at radius 1 is 1.25 bits per heavy atom. The molecule has 2 heterocycles. The van der Waals surface area contributed by atoms with E-state index in [-0.39, 0.29) is 17.0 Å². The fraction of sp³-hybridized carbons (Fsp3) is 0.381. The Hall–Kier alpha value is -3.29. The van der Waals surface area contributed by atoms with Gasteiger partial charge in [-0.05, 0) is 18.9 Å². The lowest BCUT2D eigenvalue weighted by molar-refractivity contribution is -0.125. The monoisotopic (exact) mass is 378 g/mol. The molecule has 0 aliphatic carbocycles. The summed E-state index contributed by atoms with van der Waals surface area (Å²) in [7, 11) is 0. The lowest BCUT2D eigenvalue weighted by Gasteiger charge is -2.36. The van der Waals surface area contributed by atoms with Crippen LogP contribution in [0.25, 0.3) is 10.9 Å². The molecule has 1 amide bonds. The van der Waals surface area contributed by atoms with Gasteiger partial charge < -0.3 is 19.1 Å². The van der Waals surface area contributed by atoms with Crippen LogP contribution in [0.3, 0.4) is 0 Å². The van der Waals surface area contributed by atoms with Crippen LogP contribution in [-0.4, -0.2) is 54.8 Å². The van der Waals surface area contributed by atoms with Gasteiger partial charge in [0.25, 0.3) is 11.5 Å². The molecule has 0 bridgehead atoms. The van der Waals surface area contributed by atoms with E-state index in [4.69, 9.17) is 11.2 Å². The van der Waals surface area contributed by atoms with Gasteiger partial charge in [0.05, 0.1) is 17.8 Å². The molecule has 0 N–H and O–H groups in total. The number of pyridine rings is 1. The minimum Gasteiger partial charge on any atom is -0.380 e. The van der Waals surface area contributed by atoms with E-state index in [0.717, 1.165) is 10.9 Å². The summed E-state index contributed by atoms with van der Waals surface area (Å²) in [6.07, 6.45) is 5.20. The van der Waals surface area contributed by atoms with Crippen LogP contribution in [0.1, 0.15) is 12.5 Å². The predicted octanol–water partition coefficient (Wildman–Crippen LogP) is 1.19. The summed E-state index contributed by atoms with van der Waals surface area (Å²) in [5.74, 6) is 1.80. The van der Waals surface area contributed by atoms with Crippen LogP contribution in [0.4, 0.5) is 5.69 Å². The zero-order valence-corrected chi connectivity index (χ0v) is 15.9. The first-order valence-corrected chi connectivity index (χ1v) is 9.26. The Bertz CT molecular complexity index is 1020. The summed E-state index contributed by atoms with van der Waals surface area (Å²) in [6.45, 7) is 5.17. The number of amides is 1. The average molecular weight is 378 g/mol. The summed E-state index contributed by atoms with van der Waals surface area (Å²) < 4.78 is 7.00. The number of fused-ring (bicyclic) bond motifs is 1. The molecule has 0 spiro atoms. The number of hydrogen-bond acceptors (Lipinski definition) is 5. The molecule has 3 rings (SSSR count). The number of carbonyl (C=O) groups is 1. The predicted molar refractivity (Wildman–Crippen MR) is 107 cm³/mol. The number of benzene rings is 1. The molecule has 1 fully saturated rings. The third kappa shape index (κ3) is 3.58. The first-order valence-electron chi connectivity index (χ1n) is 9.26. The van der Waals surface area contributed by atoms with E-state index in [0.29, 0.717) is 51.6 Å². The number of piperazine rings is 1. The molecule has 2 aromatic rings. The van der Waals surface area contributed by atoms with E-state index in [1.165, 1.54) is 0 Å². The van der Waals surface area contributed by atoms with Crippen molar-refractivity contribution in [1.82, 2.24) is 9.47 Å². The van der Waals surface area contributed by atoms with Gasteiger partial charge >= 0.3 is 0 Å². The molecule has 1 aromatic carbocycles. The second-order valence-corrected chi connectivity index (χ2v) is 6.43. The summed E-state index contributed by atoms with van der Waals surface area (Å²) in [4.78, 5) is 28.4. The number of nitrogens with zero attached hydrogens (tertiary/aromatic N) is 4. The first kappa shape index (κ1) is 19.5. The molecule has 1 saturated heterocycles. The van der Waals surface area contributed by atoms with Crippen LogP contribution in [0.5, 0.6) is 0 Å². The Morgan fingerprint density at radius 2 is 1.96 bits per heavy atom. The van der Waals surface area contributed by atoms with Crippen molar-refractivity contribution in [3.8, 4) is 18.4 Å². The second-order valence-electron chi connectivity index (χ2n) is 6.43. The fourth-order valence-electron chi connectivity index (χ4n) is 3.57. The molecule has 7 heteroatoms. The number of para-hydroxylation sites is 1. The van der Waals surface area contributed by atoms with Gasteiger partial charge in [0, 0.05) is 44.7 Å². The van der Waals surface area contributed by atoms with Crippen LogP contribution in [0.2, 0.25) is 0 Å². The molecular weight excluding hydrogens is 356 g/mol. The number of ether oxygens (including phenoxy) is 1. The van der Waals surface area contributed by atoms with E-state index in [1.54, 1.807) is 9.47 Å². The molecule has 144 valence electrons. The van der Waals surface area contributed by atoms with E-state index in [9.17, 15) is 14.9 Å². The smallest absolute Gasteiger partial charge is 0.298 e. The molecular formula is C21H22N4O3. The lowest BCUT2D eigenvalue weighted by Crippen LogP contribution is -2.49. The number of anilines is 1. The molecule has 0 atom stereocenters. The zero-order chi connectivity index (χ0) is 20.1. The highest BCUT2D eigenvalue weighted by molar-refractivity contribution is 5.95. The largest absolute Gasteiger partial charge is 0.380 e. The minimum atomic E-state index is -0.337. The van der Waals surface area contributed by atoms with Crippen LogP contribution in [-0.2, 0) is 16.1 Å². The molecule has 7 nitrogen and oxygen atoms in total. The van der Waals surface area contributed by atoms with Gasteiger partial charge in [-0.15, -0.1) is 6.42 Å². The van der Waals surface area contributed by atoms with Gasteiger partial charge in [0.1, 0.15) is 11.6 Å². The third-order valence-electron chi connectivity index (χ3n) is 4.93. The lowest BCUT2D eigenvalue weighted by atomic mass is 10.1. The topological polar surface area (TPSA) is 78.6 Å². The summed E-state index contributed by atoms with van der Waals surface area (Å²) in [6, 6.07) is 9.66. The van der Waals surface area contributed by atoms with Crippen molar-refractivity contribution in [2.45, 2.75) is 13.5 Å². The van der Waals surface area contributed by atoms with E-state index < -0.39 is 0 Å². The maximum absolute atomic E-state index is 13.1. The molecule has 1 aliphatic rings. The van der Waals surface area contributed by atoms with Crippen molar-refractivity contribution >= 4 is 22.5 Å². The first-order chi connectivity index (χ1) is 13.6. The third-order valence-corrected chi connectivity index (χ3v) is 4.93. The molecule has 0 unspecified atom stereocenters. The fourth-order valence-corrected chi connectivity index (χ4v) is 3.57. The van der Waals surface area contributed by atoms with E-state index in [2.05, 4.69) is 12.0 Å². The van der Waals surface area contributed by atoms with Gasteiger partial charge in [-0.25, -0.2) is 0 Å². The SMILES string of the molecule is C#CC(=O)N1CCN(c2c(C#N)c(=O)n(CCOCC)c3ccccc23)CC1. The summed E-state index contributed by atoms with van der Waals surface area (Å²) in [5, 5.41) is 10.6. The molecule has 0 saturated carbocycles. The Balaban J connectivity index is 2.05. The molecule has 1 aliphatic heterocycles. The van der Waals surface area contributed by atoms with Gasteiger partial charge in [0.15, 0.2) is 0 Å². The number of terminal acetylenes is 1. The van der Waals surface area contributed by atoms with Gasteiger partial charge in [-0.1, -0.05) is 18.2 Å². The van der Waals surface area contributed by atoms with Crippen molar-refractivity contribution in [3.63, 3.8) is 0 Å². The average Bonchev–Trinajstić information content (AvgIpc) is 2.74. The maximum atomic E-state index is 13.1. The van der Waals surface area contributed by atoms with Gasteiger partial charge in [-0.2, -0.15) is 5.26 Å². The van der Waals surface area contributed by atoms with Crippen molar-refractivity contribution in [1.29, 1.82) is 5.26 Å². The van der Waals surface area contributed by atoms with E-state index >= 15 is 0 Å². The highest BCUT2D eigenvalue weighted by Gasteiger charge is 2.26. The van der Waals surface area contributed by atoms with Crippen LogP contribution < -0.4 is 10.5 Å². The van der Waals surface area contributed by atoms with Crippen LogP contribution in [0.15, 0.2) is 29.1 Å². The summed E-state index contributed by atoms with van der Waals surface area (Å²) in [5.41, 5.74) is 1.19. The standard InChI is InChI=1S/C21H22N4O3/c1-3-19(26)23-9-11-24(12-10-23)20-16-7-5-6-8-18(16)25(13-14-28-4-2)21(27)17(20)15-22/h1,5-8H,4,9-14H2,2H3. The van der Waals surface area contributed by atoms with Crippen LogP contribution >= 0.6 is 0 Å². The number of rotatable bonds is 5. The Morgan fingerprint density at radius 3 is 2.61 bits per heavy atom. The van der Waals surface area contributed by atoms with Crippen molar-refractivity contribution in [2.75, 3.05) is 44.3 Å². The van der Waals surface area contributed by atoms with Crippen molar-refractivity contribution < 1.29 is 9.53 Å². The van der Waals surface area contributed by atoms with Crippen molar-refractivity contribution in [3.05, 3.63) is 40.2 Å². The summed E-state index contributed by atoms with van der Waals surface area (Å²) >= 11 is 0. The van der Waals surface area contributed by atoms with Gasteiger partial charge in [0.2, 0.25) is 0 Å². The van der Waals surface area contributed by atoms with E-state index in [1.807, 2.05) is 36.1 Å². The Kier molecular flexibility index (Phi) is 5.98. The van der Waals surface area contributed by atoms with Crippen molar-refractivity contribution in [2.24, 2.45) is 0 Å². The number of carbonyl (C=O) groups excluding carboxylic acids is 1. The second kappa shape index (κ2) is 8.60. The highest BCUT2D eigenvalue weighted by atomic mass is 16.5. The normalized spacial score (nSPS) is 14.0. The van der Waals surface area contributed by atoms with Gasteiger partial charge in [-0.3, -0.25) is 9.59 Å². The molecule has 1 aromatic heterocycles. The van der Waals surface area contributed by atoms with Crippen LogP contribution in [0, 0.1) is 23.7 Å². The molecule has 0 radical (unpaired) electrons. The maximum Gasteiger partial charge on any atom is 0.298 e. The highest BCUT2D eigenvalue weighted by Crippen LogP contribution is 2.29. The quantitative estimate of drug-likeness (QED) is 0.577. The number of aromatic nitrogens is 1. The minimum absolute atomic E-state index is 0.118. The number of hydrogen-bond donors (Lipinski definition) is 0. The number of nitriles is 1. The zero-order valence-electron chi connectivity index (χ0n) is 15.9.